The summed E-state index contributed by atoms with van der Waals surface area (Å²) >= 11 is 0. The molecule has 11 N–H and O–H groups in total. The molecule has 0 saturated carbocycles. The molecule has 0 radical (unpaired) electrons. The molecule has 0 aliphatic carbocycles. The van der Waals surface area contributed by atoms with E-state index in [4.69, 9.17) is 17.2 Å². The summed E-state index contributed by atoms with van der Waals surface area (Å²) in [5, 5.41) is 21.0. The molecule has 0 saturated heterocycles. The lowest BCUT2D eigenvalue weighted by Gasteiger charge is -2.27. The van der Waals surface area contributed by atoms with E-state index in [0.29, 0.717) is 57.2 Å². The zero-order valence-corrected chi connectivity index (χ0v) is 35.6. The Morgan fingerprint density at radius 1 is 0.561 bits per heavy atom. The maximum atomic E-state index is 13.9. The van der Waals surface area contributed by atoms with Crippen molar-refractivity contribution in [3.05, 3.63) is 29.8 Å². The van der Waals surface area contributed by atoms with Crippen LogP contribution >= 0.6 is 0 Å². The van der Waals surface area contributed by atoms with E-state index < -0.39 is 47.8 Å². The molecular formula is C44H79N7O6. The second-order valence-corrected chi connectivity index (χ2v) is 16.0. The number of nitrogens with one attached hydrogen (secondary N) is 4. The molecule has 4 atom stereocenters. The third kappa shape index (κ3) is 24.6. The van der Waals surface area contributed by atoms with Crippen molar-refractivity contribution in [2.75, 3.05) is 13.1 Å². The van der Waals surface area contributed by atoms with Gasteiger partial charge in [0.05, 0.1) is 0 Å². The Kier molecular flexibility index (Phi) is 29.0. The minimum atomic E-state index is -1.13. The van der Waals surface area contributed by atoms with E-state index in [1.54, 1.807) is 26.0 Å². The summed E-state index contributed by atoms with van der Waals surface area (Å²) in [4.78, 5) is 66.4. The molecule has 0 spiro atoms. The number of carbonyl (C=O) groups excluding carboxylic acids is 5. The number of phenolic OH excluding ortho intramolecular Hbond substituents is 1. The highest BCUT2D eigenvalue weighted by atomic mass is 16.3. The van der Waals surface area contributed by atoms with Crippen molar-refractivity contribution in [1.29, 1.82) is 0 Å². The van der Waals surface area contributed by atoms with Crippen molar-refractivity contribution < 1.29 is 29.1 Å². The zero-order valence-electron chi connectivity index (χ0n) is 35.6. The van der Waals surface area contributed by atoms with E-state index in [2.05, 4.69) is 28.2 Å². The Bertz CT molecular complexity index is 1260. The van der Waals surface area contributed by atoms with E-state index in [0.717, 1.165) is 25.7 Å². The molecule has 5 amide bonds. The van der Waals surface area contributed by atoms with E-state index in [9.17, 15) is 29.1 Å². The van der Waals surface area contributed by atoms with Gasteiger partial charge in [0, 0.05) is 12.8 Å². The highest BCUT2D eigenvalue weighted by molar-refractivity contribution is 5.95. The van der Waals surface area contributed by atoms with Crippen LogP contribution in [0.1, 0.15) is 168 Å². The summed E-state index contributed by atoms with van der Waals surface area (Å²) < 4.78 is 0. The molecule has 0 fully saturated rings. The highest BCUT2D eigenvalue weighted by Gasteiger charge is 2.31. The van der Waals surface area contributed by atoms with Crippen LogP contribution in [0.2, 0.25) is 0 Å². The quantitative estimate of drug-likeness (QED) is 0.0406. The second kappa shape index (κ2) is 32.3. The van der Waals surface area contributed by atoms with Crippen molar-refractivity contribution >= 4 is 29.5 Å². The van der Waals surface area contributed by atoms with Crippen LogP contribution in [0, 0.1) is 5.92 Å². The highest BCUT2D eigenvalue weighted by Crippen LogP contribution is 2.15. The van der Waals surface area contributed by atoms with Crippen molar-refractivity contribution in [3.63, 3.8) is 0 Å². The summed E-state index contributed by atoms with van der Waals surface area (Å²) in [6.07, 6.45) is 21.9. The molecule has 0 unspecified atom stereocenters. The van der Waals surface area contributed by atoms with Crippen LogP contribution < -0.4 is 38.5 Å². The Labute approximate surface area is 343 Å². The predicted octanol–water partition coefficient (Wildman–Crippen LogP) is 5.53. The second-order valence-electron chi connectivity index (χ2n) is 16.0. The first-order chi connectivity index (χ1) is 27.4. The van der Waals surface area contributed by atoms with Gasteiger partial charge in [-0.1, -0.05) is 123 Å². The molecular weight excluding hydrogens is 723 g/mol. The van der Waals surface area contributed by atoms with E-state index in [1.165, 1.54) is 82.8 Å². The van der Waals surface area contributed by atoms with Gasteiger partial charge in [-0.3, -0.25) is 24.0 Å². The van der Waals surface area contributed by atoms with Gasteiger partial charge in [0.25, 0.3) is 0 Å². The third-order valence-electron chi connectivity index (χ3n) is 10.5. The van der Waals surface area contributed by atoms with E-state index in [1.807, 2.05) is 0 Å². The number of carbonyl (C=O) groups is 5. The van der Waals surface area contributed by atoms with Crippen LogP contribution in [-0.2, 0) is 30.4 Å². The van der Waals surface area contributed by atoms with Gasteiger partial charge in [-0.15, -0.1) is 0 Å². The molecule has 1 aromatic carbocycles. The molecule has 13 nitrogen and oxygen atoms in total. The molecule has 0 aliphatic heterocycles. The van der Waals surface area contributed by atoms with Gasteiger partial charge < -0.3 is 43.6 Å². The van der Waals surface area contributed by atoms with Crippen LogP contribution in [0.25, 0.3) is 0 Å². The Morgan fingerprint density at radius 2 is 0.982 bits per heavy atom. The summed E-state index contributed by atoms with van der Waals surface area (Å²) in [6, 6.07) is 2.22. The number of rotatable bonds is 35. The summed E-state index contributed by atoms with van der Waals surface area (Å²) in [5.74, 6) is -2.87. The van der Waals surface area contributed by atoms with Crippen LogP contribution in [-0.4, -0.2) is 71.9 Å². The fourth-order valence-corrected chi connectivity index (χ4v) is 6.89. The number of aromatic hydroxyl groups is 1. The van der Waals surface area contributed by atoms with Gasteiger partial charge in [-0.2, -0.15) is 0 Å². The summed E-state index contributed by atoms with van der Waals surface area (Å²) in [7, 11) is 0. The third-order valence-corrected chi connectivity index (χ3v) is 10.5. The lowest BCUT2D eigenvalue weighted by molar-refractivity contribution is -0.134. The molecule has 0 aromatic heterocycles. The average Bonchev–Trinajstić information content (AvgIpc) is 3.17. The first-order valence-electron chi connectivity index (χ1n) is 22.1. The zero-order chi connectivity index (χ0) is 42.3. The first-order valence-corrected chi connectivity index (χ1v) is 22.1. The maximum absolute atomic E-state index is 13.9. The standard InChI is InChI=1S/C44H79N7O6/c1-4-5-6-7-8-9-10-11-12-13-14-15-16-17-18-25-39(53)48-36(23-19-21-30-45)42(55)49-37(24-20-22-31-46)43(56)50-38(32-34-26-28-35(52)29-27-34)44(57)51-40(33(2)3)41(47)54/h26-29,33,36-38,40,52H,4-25,30-32,45-46H2,1-3H3,(H2,47,54)(H,48,53)(H,49,55)(H,50,56)(H,51,57)/t36-,37-,38-,40-/m0/s1. The molecule has 13 heteroatoms. The Balaban J connectivity index is 2.83. The number of hydrogen-bond acceptors (Lipinski definition) is 8. The van der Waals surface area contributed by atoms with Crippen LogP contribution in [0.3, 0.4) is 0 Å². The summed E-state index contributed by atoms with van der Waals surface area (Å²) in [5.41, 5.74) is 17.7. The van der Waals surface area contributed by atoms with Gasteiger partial charge in [0.15, 0.2) is 0 Å². The first kappa shape index (κ1) is 51.3. The Morgan fingerprint density at radius 3 is 1.42 bits per heavy atom. The number of phenols is 1. The molecule has 57 heavy (non-hydrogen) atoms. The SMILES string of the molecule is CCCCCCCCCCCCCCCCCC(=O)N[C@@H](CCCCN)C(=O)N[C@@H](CCCCN)C(=O)N[C@@H](Cc1ccc(O)cc1)C(=O)N[C@H](C(N)=O)C(C)C. The van der Waals surface area contributed by atoms with Crippen LogP contribution in [0.15, 0.2) is 24.3 Å². The predicted molar refractivity (Wildman–Crippen MR) is 229 cm³/mol. The van der Waals surface area contributed by atoms with Gasteiger partial charge in [0.1, 0.15) is 29.9 Å². The van der Waals surface area contributed by atoms with Crippen LogP contribution in [0.4, 0.5) is 0 Å². The van der Waals surface area contributed by atoms with E-state index >= 15 is 0 Å². The number of unbranched alkanes of at least 4 members (excludes halogenated alkanes) is 16. The number of benzene rings is 1. The maximum Gasteiger partial charge on any atom is 0.243 e. The molecule has 1 rings (SSSR count). The number of hydrogen-bond donors (Lipinski definition) is 8. The normalized spacial score (nSPS) is 13.4. The Hall–Kier alpha value is -3.71. The molecule has 0 bridgehead atoms. The number of primary amides is 1. The van der Waals surface area contributed by atoms with Crippen molar-refractivity contribution in [3.8, 4) is 5.75 Å². The summed E-state index contributed by atoms with van der Waals surface area (Å²) in [6.45, 7) is 6.59. The molecule has 0 aliphatic rings. The van der Waals surface area contributed by atoms with Gasteiger partial charge >= 0.3 is 0 Å². The van der Waals surface area contributed by atoms with Gasteiger partial charge in [-0.05, 0) is 81.6 Å². The average molecular weight is 802 g/mol. The lowest BCUT2D eigenvalue weighted by Crippen LogP contribution is -2.59. The molecule has 0 heterocycles. The fourth-order valence-electron chi connectivity index (χ4n) is 6.89. The topological polar surface area (TPSA) is 232 Å². The lowest BCUT2D eigenvalue weighted by atomic mass is 10.0. The minimum Gasteiger partial charge on any atom is -0.508 e. The van der Waals surface area contributed by atoms with Gasteiger partial charge in [-0.25, -0.2) is 0 Å². The molecule has 326 valence electrons. The number of nitrogens with two attached hydrogens (primary N) is 3. The van der Waals surface area contributed by atoms with Crippen molar-refractivity contribution in [2.24, 2.45) is 23.1 Å². The van der Waals surface area contributed by atoms with Crippen molar-refractivity contribution in [2.45, 2.75) is 193 Å². The number of amides is 5. The minimum absolute atomic E-state index is 0.0436. The van der Waals surface area contributed by atoms with Crippen LogP contribution in [0.5, 0.6) is 5.75 Å². The monoisotopic (exact) mass is 802 g/mol. The van der Waals surface area contributed by atoms with Gasteiger partial charge in [0.2, 0.25) is 29.5 Å². The smallest absolute Gasteiger partial charge is 0.243 e. The molecule has 1 aromatic rings. The fraction of sp³-hybridized carbons (Fsp3) is 0.750. The van der Waals surface area contributed by atoms with Crippen molar-refractivity contribution in [1.82, 2.24) is 21.3 Å². The largest absolute Gasteiger partial charge is 0.508 e. The van der Waals surface area contributed by atoms with E-state index in [-0.39, 0.29) is 30.4 Å².